The first kappa shape index (κ1) is 16.5. The maximum Gasteiger partial charge on any atom is 0.0472 e. The van der Waals surface area contributed by atoms with Gasteiger partial charge in [0.25, 0.3) is 0 Å². The van der Waals surface area contributed by atoms with Crippen LogP contribution < -0.4 is 5.32 Å². The zero-order valence-electron chi connectivity index (χ0n) is 14.0. The van der Waals surface area contributed by atoms with Crippen molar-refractivity contribution in [3.8, 4) is 0 Å². The van der Waals surface area contributed by atoms with Gasteiger partial charge in [0.05, 0.1) is 0 Å². The average Bonchev–Trinajstić information content (AvgIpc) is 2.54. The lowest BCUT2D eigenvalue weighted by atomic mass is 9.85. The first-order chi connectivity index (χ1) is 10.3. The number of nitrogens with zero attached hydrogens (tertiary/aromatic N) is 1. The van der Waals surface area contributed by atoms with Crippen molar-refractivity contribution >= 4 is 0 Å². The van der Waals surface area contributed by atoms with Gasteiger partial charge >= 0.3 is 0 Å². The van der Waals surface area contributed by atoms with Crippen molar-refractivity contribution in [1.29, 1.82) is 0 Å². The molecular weight excluding hydrogens is 256 g/mol. The summed E-state index contributed by atoms with van der Waals surface area (Å²) in [5, 5.41) is 3.88. The van der Waals surface area contributed by atoms with Gasteiger partial charge in [0.2, 0.25) is 0 Å². The van der Waals surface area contributed by atoms with Crippen molar-refractivity contribution in [3.05, 3.63) is 35.9 Å². The molecule has 0 amide bonds. The van der Waals surface area contributed by atoms with Gasteiger partial charge in [-0.1, -0.05) is 63.9 Å². The van der Waals surface area contributed by atoms with Gasteiger partial charge in [0, 0.05) is 18.6 Å². The van der Waals surface area contributed by atoms with Crippen molar-refractivity contribution in [3.63, 3.8) is 0 Å². The van der Waals surface area contributed by atoms with Crippen LogP contribution in [0.1, 0.15) is 58.1 Å². The predicted octanol–water partition coefficient (Wildman–Crippen LogP) is 4.24. The third kappa shape index (κ3) is 4.55. The minimum absolute atomic E-state index is 0.496. The molecule has 0 radical (unpaired) electrons. The van der Waals surface area contributed by atoms with Gasteiger partial charge in [0.1, 0.15) is 0 Å². The van der Waals surface area contributed by atoms with Gasteiger partial charge in [-0.25, -0.2) is 0 Å². The molecule has 1 aliphatic carbocycles. The summed E-state index contributed by atoms with van der Waals surface area (Å²) < 4.78 is 0. The van der Waals surface area contributed by atoms with E-state index in [2.05, 4.69) is 61.3 Å². The highest BCUT2D eigenvalue weighted by molar-refractivity contribution is 5.19. The molecule has 2 rings (SSSR count). The molecule has 1 aliphatic rings. The molecule has 1 aromatic rings. The molecule has 2 nitrogen and oxygen atoms in total. The van der Waals surface area contributed by atoms with E-state index in [1.807, 2.05) is 0 Å². The average molecular weight is 288 g/mol. The van der Waals surface area contributed by atoms with Crippen LogP contribution >= 0.6 is 0 Å². The Morgan fingerprint density at radius 2 is 1.76 bits per heavy atom. The van der Waals surface area contributed by atoms with Gasteiger partial charge in [-0.2, -0.15) is 0 Å². The maximum atomic E-state index is 3.88. The van der Waals surface area contributed by atoms with Gasteiger partial charge < -0.3 is 5.32 Å². The van der Waals surface area contributed by atoms with Crippen molar-refractivity contribution in [2.24, 2.45) is 5.92 Å². The second-order valence-electron chi connectivity index (χ2n) is 6.42. The third-order valence-corrected chi connectivity index (χ3v) is 5.12. The summed E-state index contributed by atoms with van der Waals surface area (Å²) in [6, 6.07) is 12.2. The Hall–Kier alpha value is -0.860. The Kier molecular flexibility index (Phi) is 6.72. The van der Waals surface area contributed by atoms with Gasteiger partial charge in [-0.05, 0) is 37.4 Å². The number of rotatable bonds is 7. The Labute approximate surface area is 130 Å². The molecule has 1 aromatic carbocycles. The Morgan fingerprint density at radius 3 is 2.38 bits per heavy atom. The van der Waals surface area contributed by atoms with Crippen molar-refractivity contribution in [1.82, 2.24) is 10.2 Å². The second-order valence-corrected chi connectivity index (χ2v) is 6.42. The molecule has 0 saturated heterocycles. The van der Waals surface area contributed by atoms with Crippen LogP contribution in [0.5, 0.6) is 0 Å². The lowest BCUT2D eigenvalue weighted by molar-refractivity contribution is 0.192. The molecule has 0 heterocycles. The molecule has 118 valence electrons. The lowest BCUT2D eigenvalue weighted by Gasteiger charge is -2.35. The summed E-state index contributed by atoms with van der Waals surface area (Å²) in [4.78, 5) is 2.57. The van der Waals surface area contributed by atoms with E-state index in [1.54, 1.807) is 0 Å². The van der Waals surface area contributed by atoms with E-state index < -0.39 is 0 Å². The van der Waals surface area contributed by atoms with Crippen LogP contribution in [-0.4, -0.2) is 30.6 Å². The van der Waals surface area contributed by atoms with Crippen LogP contribution in [0.25, 0.3) is 0 Å². The summed E-state index contributed by atoms with van der Waals surface area (Å²) in [5.74, 6) is 0.826. The molecule has 0 aromatic heterocycles. The zero-order chi connectivity index (χ0) is 15.1. The van der Waals surface area contributed by atoms with Crippen LogP contribution in [0.3, 0.4) is 0 Å². The van der Waals surface area contributed by atoms with E-state index >= 15 is 0 Å². The lowest BCUT2D eigenvalue weighted by Crippen LogP contribution is -2.43. The first-order valence-corrected chi connectivity index (χ1v) is 8.78. The smallest absolute Gasteiger partial charge is 0.0472 e. The summed E-state index contributed by atoms with van der Waals surface area (Å²) in [5.41, 5.74) is 1.44. The number of nitrogens with one attached hydrogen (secondary N) is 1. The SMILES string of the molecule is CCN(CC)C(CNC1CCCCC1C)c1ccccc1. The van der Waals surface area contributed by atoms with Crippen LogP contribution in [0.4, 0.5) is 0 Å². The Bertz CT molecular complexity index is 386. The van der Waals surface area contributed by atoms with Crippen LogP contribution in [0, 0.1) is 5.92 Å². The van der Waals surface area contributed by atoms with E-state index in [0.717, 1.165) is 25.6 Å². The fraction of sp³-hybridized carbons (Fsp3) is 0.684. The molecule has 0 spiro atoms. The number of likely N-dealkylation sites (N-methyl/N-ethyl adjacent to an activating group) is 1. The van der Waals surface area contributed by atoms with Crippen molar-refractivity contribution < 1.29 is 0 Å². The summed E-state index contributed by atoms with van der Waals surface area (Å²) in [7, 11) is 0. The molecule has 21 heavy (non-hydrogen) atoms. The number of benzene rings is 1. The highest BCUT2D eigenvalue weighted by atomic mass is 15.2. The molecule has 1 saturated carbocycles. The van der Waals surface area contributed by atoms with Crippen LogP contribution in [-0.2, 0) is 0 Å². The highest BCUT2D eigenvalue weighted by Crippen LogP contribution is 2.25. The van der Waals surface area contributed by atoms with E-state index in [1.165, 1.54) is 31.2 Å². The topological polar surface area (TPSA) is 15.3 Å². The number of hydrogen-bond donors (Lipinski definition) is 1. The second kappa shape index (κ2) is 8.55. The molecule has 2 heteroatoms. The van der Waals surface area contributed by atoms with E-state index in [9.17, 15) is 0 Å². The fourth-order valence-electron chi connectivity index (χ4n) is 3.68. The molecule has 0 aliphatic heterocycles. The fourth-order valence-corrected chi connectivity index (χ4v) is 3.68. The van der Waals surface area contributed by atoms with E-state index in [4.69, 9.17) is 0 Å². The molecular formula is C19H32N2. The normalized spacial score (nSPS) is 24.2. The highest BCUT2D eigenvalue weighted by Gasteiger charge is 2.24. The quantitative estimate of drug-likeness (QED) is 0.807. The molecule has 3 atom stereocenters. The van der Waals surface area contributed by atoms with Crippen molar-refractivity contribution in [2.75, 3.05) is 19.6 Å². The van der Waals surface area contributed by atoms with E-state index in [0.29, 0.717) is 12.1 Å². The molecule has 3 unspecified atom stereocenters. The van der Waals surface area contributed by atoms with Gasteiger partial charge in [0.15, 0.2) is 0 Å². The standard InChI is InChI=1S/C19H32N2/c1-4-21(5-2)19(17-12-7-6-8-13-17)15-20-18-14-10-9-11-16(18)3/h6-8,12-13,16,18-20H,4-5,9-11,14-15H2,1-3H3. The molecule has 0 bridgehead atoms. The predicted molar refractivity (Wildman–Crippen MR) is 91.5 cm³/mol. The summed E-state index contributed by atoms with van der Waals surface area (Å²) in [6.07, 6.45) is 5.54. The largest absolute Gasteiger partial charge is 0.312 e. The number of hydrogen-bond acceptors (Lipinski definition) is 2. The Balaban J connectivity index is 2.02. The zero-order valence-corrected chi connectivity index (χ0v) is 14.0. The van der Waals surface area contributed by atoms with Crippen LogP contribution in [0.2, 0.25) is 0 Å². The van der Waals surface area contributed by atoms with Crippen LogP contribution in [0.15, 0.2) is 30.3 Å². The van der Waals surface area contributed by atoms with Gasteiger partial charge in [-0.3, -0.25) is 4.90 Å². The van der Waals surface area contributed by atoms with E-state index in [-0.39, 0.29) is 0 Å². The molecule has 1 N–H and O–H groups in total. The maximum absolute atomic E-state index is 3.88. The van der Waals surface area contributed by atoms with Crippen molar-refractivity contribution in [2.45, 2.75) is 58.5 Å². The Morgan fingerprint density at radius 1 is 1.10 bits per heavy atom. The van der Waals surface area contributed by atoms with Gasteiger partial charge in [-0.15, -0.1) is 0 Å². The minimum atomic E-state index is 0.496. The first-order valence-electron chi connectivity index (χ1n) is 8.78. The summed E-state index contributed by atoms with van der Waals surface area (Å²) >= 11 is 0. The monoisotopic (exact) mass is 288 g/mol. The minimum Gasteiger partial charge on any atom is -0.312 e. The molecule has 1 fully saturated rings. The third-order valence-electron chi connectivity index (χ3n) is 5.12. The summed E-state index contributed by atoms with van der Waals surface area (Å²) in [6.45, 7) is 10.2.